The maximum absolute atomic E-state index is 10.6. The van der Waals surface area contributed by atoms with Gasteiger partial charge in [0.25, 0.3) is 0 Å². The van der Waals surface area contributed by atoms with Crippen molar-refractivity contribution < 1.29 is 4.79 Å². The van der Waals surface area contributed by atoms with Gasteiger partial charge >= 0.3 is 0 Å². The Morgan fingerprint density at radius 1 is 1.21 bits per heavy atom. The molecule has 0 saturated carbocycles. The summed E-state index contributed by atoms with van der Waals surface area (Å²) in [5, 5.41) is 0. The molecule has 0 aliphatic rings. The molecule has 0 aliphatic carbocycles. The van der Waals surface area contributed by atoms with Crippen LogP contribution in [0.25, 0.3) is 0 Å². The van der Waals surface area contributed by atoms with Crippen LogP contribution in [0.1, 0.15) is 38.1 Å². The Bertz CT molecular complexity index is 219. The summed E-state index contributed by atoms with van der Waals surface area (Å²) in [7, 11) is 0. The van der Waals surface area contributed by atoms with Crippen molar-refractivity contribution in [3.05, 3.63) is 35.9 Å². The zero-order valence-corrected chi connectivity index (χ0v) is 9.58. The molecule has 1 aromatic rings. The molecule has 0 amide bonds. The summed E-state index contributed by atoms with van der Waals surface area (Å²) in [5.41, 5.74) is 5.62. The van der Waals surface area contributed by atoms with E-state index in [2.05, 4.69) is 0 Å². The van der Waals surface area contributed by atoms with Crippen molar-refractivity contribution in [1.29, 1.82) is 0 Å². The highest BCUT2D eigenvalue weighted by Gasteiger charge is 1.92. The standard InChI is InChI=1S/C8H8O.C2H7N.C2H6/c1-7(9)8-5-3-2-4-6-8;1-2-3;1-2/h2-6H,1H3;2-3H2,1H3;1-2H3. The van der Waals surface area contributed by atoms with E-state index in [4.69, 9.17) is 5.73 Å². The predicted octanol–water partition coefficient (Wildman–Crippen LogP) is 2.88. The van der Waals surface area contributed by atoms with Gasteiger partial charge < -0.3 is 5.73 Å². The van der Waals surface area contributed by atoms with Crippen LogP contribution in [0.2, 0.25) is 0 Å². The number of Topliss-reactive ketones (excluding diaryl/α,β-unsaturated/α-hetero) is 1. The van der Waals surface area contributed by atoms with Crippen molar-refractivity contribution in [2.75, 3.05) is 6.54 Å². The molecule has 2 nitrogen and oxygen atoms in total. The zero-order chi connectivity index (χ0) is 11.4. The number of rotatable bonds is 1. The second kappa shape index (κ2) is 11.8. The molecule has 0 spiro atoms. The van der Waals surface area contributed by atoms with Gasteiger partial charge in [0.1, 0.15) is 0 Å². The first-order valence-corrected chi connectivity index (χ1v) is 4.98. The first-order chi connectivity index (χ1) is 6.72. The number of ketones is 1. The van der Waals surface area contributed by atoms with Gasteiger partial charge in [-0.1, -0.05) is 51.1 Å². The number of hydrogen-bond donors (Lipinski definition) is 1. The topological polar surface area (TPSA) is 43.1 Å². The van der Waals surface area contributed by atoms with Crippen molar-refractivity contribution in [2.45, 2.75) is 27.7 Å². The van der Waals surface area contributed by atoms with E-state index in [9.17, 15) is 4.79 Å². The van der Waals surface area contributed by atoms with Gasteiger partial charge in [0.2, 0.25) is 0 Å². The van der Waals surface area contributed by atoms with Crippen LogP contribution in [-0.4, -0.2) is 12.3 Å². The molecule has 0 radical (unpaired) electrons. The molecule has 14 heavy (non-hydrogen) atoms. The highest BCUT2D eigenvalue weighted by Crippen LogP contribution is 1.97. The van der Waals surface area contributed by atoms with Crippen LogP contribution in [-0.2, 0) is 0 Å². The Morgan fingerprint density at radius 3 is 1.79 bits per heavy atom. The average molecular weight is 195 g/mol. The van der Waals surface area contributed by atoms with Crippen LogP contribution in [0.15, 0.2) is 30.3 Å². The molecule has 1 aromatic carbocycles. The van der Waals surface area contributed by atoms with Crippen molar-refractivity contribution >= 4 is 5.78 Å². The summed E-state index contributed by atoms with van der Waals surface area (Å²) in [6, 6.07) is 9.23. The highest BCUT2D eigenvalue weighted by atomic mass is 16.1. The average Bonchev–Trinajstić information content (AvgIpc) is 2.23. The van der Waals surface area contributed by atoms with Gasteiger partial charge in [0, 0.05) is 5.56 Å². The van der Waals surface area contributed by atoms with Gasteiger partial charge in [-0.05, 0) is 13.5 Å². The Labute approximate surface area is 87.1 Å². The van der Waals surface area contributed by atoms with Crippen molar-refractivity contribution in [3.63, 3.8) is 0 Å². The van der Waals surface area contributed by atoms with Crippen molar-refractivity contribution in [1.82, 2.24) is 0 Å². The van der Waals surface area contributed by atoms with E-state index < -0.39 is 0 Å². The third-order valence-electron chi connectivity index (χ3n) is 1.18. The number of nitrogens with two attached hydrogens (primary N) is 1. The van der Waals surface area contributed by atoms with E-state index in [1.165, 1.54) is 0 Å². The summed E-state index contributed by atoms with van der Waals surface area (Å²) in [4.78, 5) is 10.6. The van der Waals surface area contributed by atoms with E-state index in [-0.39, 0.29) is 5.78 Å². The molecule has 0 fully saturated rings. The number of carbonyl (C=O) groups excluding carboxylic acids is 1. The maximum atomic E-state index is 10.6. The van der Waals surface area contributed by atoms with Gasteiger partial charge in [-0.25, -0.2) is 0 Å². The first kappa shape index (κ1) is 15.3. The molecule has 0 saturated heterocycles. The monoisotopic (exact) mass is 195 g/mol. The van der Waals surface area contributed by atoms with E-state index in [0.29, 0.717) is 0 Å². The summed E-state index contributed by atoms with van der Waals surface area (Å²) in [6.45, 7) is 8.22. The summed E-state index contributed by atoms with van der Waals surface area (Å²) < 4.78 is 0. The lowest BCUT2D eigenvalue weighted by Crippen LogP contribution is -1.88. The summed E-state index contributed by atoms with van der Waals surface area (Å²) in [5.74, 6) is 0.121. The molecule has 0 aliphatic heterocycles. The molecule has 80 valence electrons. The SMILES string of the molecule is CC.CC(=O)c1ccccc1.CCN. The quantitative estimate of drug-likeness (QED) is 0.700. The van der Waals surface area contributed by atoms with Gasteiger partial charge in [0.05, 0.1) is 0 Å². The first-order valence-electron chi connectivity index (χ1n) is 4.98. The second-order valence-electron chi connectivity index (χ2n) is 2.33. The number of hydrogen-bond acceptors (Lipinski definition) is 2. The van der Waals surface area contributed by atoms with Crippen molar-refractivity contribution in [3.8, 4) is 0 Å². The van der Waals surface area contributed by atoms with Gasteiger partial charge in [-0.2, -0.15) is 0 Å². The Hall–Kier alpha value is -1.15. The van der Waals surface area contributed by atoms with Crippen LogP contribution in [0.5, 0.6) is 0 Å². The molecule has 0 heterocycles. The third kappa shape index (κ3) is 8.94. The largest absolute Gasteiger partial charge is 0.331 e. The molecule has 0 atom stereocenters. The summed E-state index contributed by atoms with van der Waals surface area (Å²) >= 11 is 0. The molecule has 0 aromatic heterocycles. The molecular formula is C12H21NO. The normalized spacial score (nSPS) is 7.50. The van der Waals surface area contributed by atoms with Crippen LogP contribution in [0.4, 0.5) is 0 Å². The summed E-state index contributed by atoms with van der Waals surface area (Å²) in [6.07, 6.45) is 0. The predicted molar refractivity (Wildman–Crippen MR) is 62.5 cm³/mol. The zero-order valence-electron chi connectivity index (χ0n) is 9.58. The molecule has 2 heteroatoms. The van der Waals surface area contributed by atoms with Crippen LogP contribution in [0, 0.1) is 0 Å². The molecule has 1 rings (SSSR count). The minimum atomic E-state index is 0.121. The second-order valence-corrected chi connectivity index (χ2v) is 2.33. The highest BCUT2D eigenvalue weighted by molar-refractivity contribution is 5.93. The molecule has 0 bridgehead atoms. The minimum Gasteiger partial charge on any atom is -0.331 e. The maximum Gasteiger partial charge on any atom is 0.159 e. The lowest BCUT2D eigenvalue weighted by Gasteiger charge is -1.89. The fraction of sp³-hybridized carbons (Fsp3) is 0.417. The van der Waals surface area contributed by atoms with Crippen molar-refractivity contribution in [2.24, 2.45) is 5.73 Å². The lowest BCUT2D eigenvalue weighted by atomic mass is 10.2. The lowest BCUT2D eigenvalue weighted by molar-refractivity contribution is 0.101. The molecular weight excluding hydrogens is 174 g/mol. The van der Waals surface area contributed by atoms with E-state index in [0.717, 1.165) is 12.1 Å². The number of benzene rings is 1. The Balaban J connectivity index is 0. The van der Waals surface area contributed by atoms with Crippen LogP contribution < -0.4 is 5.73 Å². The third-order valence-corrected chi connectivity index (χ3v) is 1.18. The van der Waals surface area contributed by atoms with E-state index in [1.54, 1.807) is 6.92 Å². The fourth-order valence-electron chi connectivity index (χ4n) is 0.673. The van der Waals surface area contributed by atoms with Gasteiger partial charge in [-0.15, -0.1) is 0 Å². The molecule has 2 N–H and O–H groups in total. The Morgan fingerprint density at radius 2 is 1.57 bits per heavy atom. The number of carbonyl (C=O) groups is 1. The van der Waals surface area contributed by atoms with E-state index in [1.807, 2.05) is 51.1 Å². The van der Waals surface area contributed by atoms with Gasteiger partial charge in [-0.3, -0.25) is 4.79 Å². The smallest absolute Gasteiger partial charge is 0.159 e. The fourth-order valence-corrected chi connectivity index (χ4v) is 0.673. The Kier molecular flexibility index (Phi) is 13.0. The van der Waals surface area contributed by atoms with Gasteiger partial charge in [0.15, 0.2) is 5.78 Å². The molecule has 0 unspecified atom stereocenters. The van der Waals surface area contributed by atoms with Crippen LogP contribution >= 0.6 is 0 Å². The van der Waals surface area contributed by atoms with E-state index >= 15 is 0 Å². The minimum absolute atomic E-state index is 0.121. The van der Waals surface area contributed by atoms with Crippen LogP contribution in [0.3, 0.4) is 0 Å².